The fourth-order valence-corrected chi connectivity index (χ4v) is 4.88. The first-order valence-corrected chi connectivity index (χ1v) is 10.2. The van der Waals surface area contributed by atoms with Gasteiger partial charge in [0.25, 0.3) is 0 Å². The Morgan fingerprint density at radius 2 is 1.62 bits per heavy atom. The molecule has 0 N–H and O–H groups in total. The van der Waals surface area contributed by atoms with Crippen LogP contribution in [0.3, 0.4) is 0 Å². The monoisotopic (exact) mass is 431 g/mol. The van der Waals surface area contributed by atoms with E-state index in [0.29, 0.717) is 39.8 Å². The van der Waals surface area contributed by atoms with Gasteiger partial charge in [0.15, 0.2) is 5.78 Å². The van der Waals surface area contributed by atoms with Crippen molar-refractivity contribution < 1.29 is 14.0 Å². The average Bonchev–Trinajstić information content (AvgIpc) is 2.59. The van der Waals surface area contributed by atoms with Crippen LogP contribution >= 0.6 is 23.2 Å². The molecule has 0 spiro atoms. The molecule has 0 radical (unpaired) electrons. The fraction of sp³-hybridized carbons (Fsp3) is 0.304. The number of halogens is 3. The van der Waals surface area contributed by atoms with Crippen LogP contribution in [0.2, 0.25) is 10.0 Å². The lowest BCUT2D eigenvalue weighted by Crippen LogP contribution is -2.43. The van der Waals surface area contributed by atoms with Crippen molar-refractivity contribution >= 4 is 40.6 Å². The maximum Gasteiger partial charge on any atom is 0.232 e. The molecule has 150 valence electrons. The molecule has 1 unspecified atom stereocenters. The normalized spacial score (nSPS) is 21.4. The number of Topliss-reactive ketones (excluding diaryl/α,β-unsaturated/α-hetero) is 1. The van der Waals surface area contributed by atoms with Gasteiger partial charge in [-0.1, -0.05) is 49.2 Å². The van der Waals surface area contributed by atoms with E-state index in [0.717, 1.165) is 5.56 Å². The topological polar surface area (TPSA) is 37.4 Å². The zero-order chi connectivity index (χ0) is 20.9. The minimum Gasteiger partial charge on any atom is -0.294 e. The molecule has 1 aliphatic carbocycles. The van der Waals surface area contributed by atoms with Crippen LogP contribution in [0.15, 0.2) is 53.7 Å². The molecular weight excluding hydrogens is 412 g/mol. The van der Waals surface area contributed by atoms with Crippen molar-refractivity contribution in [3.63, 3.8) is 0 Å². The second-order valence-electron chi connectivity index (χ2n) is 8.47. The third-order valence-electron chi connectivity index (χ3n) is 5.52. The van der Waals surface area contributed by atoms with Gasteiger partial charge in [-0.2, -0.15) is 0 Å². The number of nitrogens with zero attached hydrogens (tertiary/aromatic N) is 1. The summed E-state index contributed by atoms with van der Waals surface area (Å²) in [5.74, 6) is -0.845. The van der Waals surface area contributed by atoms with Crippen LogP contribution in [0.1, 0.15) is 44.6 Å². The van der Waals surface area contributed by atoms with E-state index in [1.165, 1.54) is 12.1 Å². The van der Waals surface area contributed by atoms with Crippen LogP contribution in [-0.2, 0) is 9.59 Å². The molecule has 0 fully saturated rings. The van der Waals surface area contributed by atoms with Gasteiger partial charge in [0.2, 0.25) is 5.91 Å². The molecule has 0 aromatic heterocycles. The van der Waals surface area contributed by atoms with Gasteiger partial charge >= 0.3 is 0 Å². The van der Waals surface area contributed by atoms with Crippen molar-refractivity contribution in [2.75, 3.05) is 4.90 Å². The average molecular weight is 432 g/mol. The highest BCUT2D eigenvalue weighted by Gasteiger charge is 2.44. The smallest absolute Gasteiger partial charge is 0.232 e. The van der Waals surface area contributed by atoms with Crippen LogP contribution in [0.5, 0.6) is 0 Å². The number of rotatable bonds is 2. The molecule has 2 aromatic rings. The van der Waals surface area contributed by atoms with Gasteiger partial charge in [0.1, 0.15) is 5.82 Å². The number of carbonyl (C=O) groups excluding carboxylic acids is 2. The van der Waals surface area contributed by atoms with Gasteiger partial charge in [-0.15, -0.1) is 0 Å². The predicted octanol–water partition coefficient (Wildman–Crippen LogP) is 6.30. The molecule has 0 bridgehead atoms. The number of carbonyl (C=O) groups is 2. The molecule has 29 heavy (non-hydrogen) atoms. The quantitative estimate of drug-likeness (QED) is 0.559. The SMILES string of the molecule is CC1(C)CC(=O)C2=C(C1)N(c1cc(Cl)cc(Cl)c1)C(=O)CC2c1ccc(F)cc1. The van der Waals surface area contributed by atoms with E-state index < -0.39 is 0 Å². The number of benzene rings is 2. The zero-order valence-electron chi connectivity index (χ0n) is 16.1. The van der Waals surface area contributed by atoms with Crippen molar-refractivity contribution in [2.24, 2.45) is 5.41 Å². The summed E-state index contributed by atoms with van der Waals surface area (Å²) in [5.41, 5.74) is 2.37. The Balaban J connectivity index is 1.91. The second kappa shape index (κ2) is 7.26. The van der Waals surface area contributed by atoms with Crippen LogP contribution in [0, 0.1) is 11.2 Å². The van der Waals surface area contributed by atoms with E-state index in [2.05, 4.69) is 0 Å². The lowest BCUT2D eigenvalue weighted by Gasteiger charge is -2.43. The van der Waals surface area contributed by atoms with Crippen molar-refractivity contribution in [3.05, 3.63) is 75.2 Å². The number of hydrogen-bond acceptors (Lipinski definition) is 2. The zero-order valence-corrected chi connectivity index (χ0v) is 17.6. The Bertz CT molecular complexity index is 1020. The summed E-state index contributed by atoms with van der Waals surface area (Å²) >= 11 is 12.4. The molecule has 3 nitrogen and oxygen atoms in total. The highest BCUT2D eigenvalue weighted by molar-refractivity contribution is 6.35. The van der Waals surface area contributed by atoms with Gasteiger partial charge in [-0.3, -0.25) is 14.5 Å². The summed E-state index contributed by atoms with van der Waals surface area (Å²) in [6.07, 6.45) is 1.10. The highest BCUT2D eigenvalue weighted by Crippen LogP contribution is 2.48. The number of hydrogen-bond donors (Lipinski definition) is 0. The largest absolute Gasteiger partial charge is 0.294 e. The predicted molar refractivity (Wildman–Crippen MR) is 113 cm³/mol. The Hall–Kier alpha value is -2.17. The third kappa shape index (κ3) is 3.84. The number of amides is 1. The lowest BCUT2D eigenvalue weighted by molar-refractivity contribution is -0.121. The van der Waals surface area contributed by atoms with Crippen molar-refractivity contribution in [2.45, 2.75) is 39.0 Å². The van der Waals surface area contributed by atoms with Crippen LogP contribution < -0.4 is 4.90 Å². The van der Waals surface area contributed by atoms with Crippen molar-refractivity contribution in [3.8, 4) is 0 Å². The van der Waals surface area contributed by atoms with E-state index in [9.17, 15) is 14.0 Å². The van der Waals surface area contributed by atoms with Gasteiger partial charge in [-0.05, 0) is 47.7 Å². The van der Waals surface area contributed by atoms with Crippen molar-refractivity contribution in [1.29, 1.82) is 0 Å². The van der Waals surface area contributed by atoms with Crippen molar-refractivity contribution in [1.82, 2.24) is 0 Å². The number of ketones is 1. The van der Waals surface area contributed by atoms with Gasteiger partial charge in [-0.25, -0.2) is 4.39 Å². The molecule has 0 saturated heterocycles. The summed E-state index contributed by atoms with van der Waals surface area (Å²) in [6.45, 7) is 4.04. The molecule has 6 heteroatoms. The van der Waals surface area contributed by atoms with E-state index in [-0.39, 0.29) is 35.3 Å². The van der Waals surface area contributed by atoms with Gasteiger partial charge < -0.3 is 0 Å². The summed E-state index contributed by atoms with van der Waals surface area (Å²) in [7, 11) is 0. The fourth-order valence-electron chi connectivity index (χ4n) is 4.36. The second-order valence-corrected chi connectivity index (χ2v) is 9.34. The van der Waals surface area contributed by atoms with Gasteiger partial charge in [0, 0.05) is 40.1 Å². The molecule has 0 saturated carbocycles. The minimum absolute atomic E-state index is 0.0243. The first kappa shape index (κ1) is 20.1. The van der Waals surface area contributed by atoms with Crippen LogP contribution in [0.4, 0.5) is 10.1 Å². The molecule has 2 aromatic carbocycles. The van der Waals surface area contributed by atoms with E-state index in [1.807, 2.05) is 13.8 Å². The number of allylic oxidation sites excluding steroid dienone is 2. The van der Waals surface area contributed by atoms with Gasteiger partial charge in [0.05, 0.1) is 5.69 Å². The first-order valence-electron chi connectivity index (χ1n) is 9.45. The van der Waals surface area contributed by atoms with E-state index >= 15 is 0 Å². The van der Waals surface area contributed by atoms with E-state index in [4.69, 9.17) is 23.2 Å². The summed E-state index contributed by atoms with van der Waals surface area (Å²) in [6, 6.07) is 11.0. The third-order valence-corrected chi connectivity index (χ3v) is 5.96. The maximum absolute atomic E-state index is 13.4. The standard InChI is InChI=1S/C23H20Cl2FNO2/c1-23(2)11-19-22(20(28)12-23)18(13-3-5-16(26)6-4-13)10-21(29)27(19)17-8-14(24)7-15(25)9-17/h3-9,18H,10-12H2,1-2H3. The lowest BCUT2D eigenvalue weighted by atomic mass is 9.69. The first-order chi connectivity index (χ1) is 13.6. The Morgan fingerprint density at radius 3 is 2.24 bits per heavy atom. The molecule has 1 atom stereocenters. The van der Waals surface area contributed by atoms with Crippen LogP contribution in [0.25, 0.3) is 0 Å². The highest BCUT2D eigenvalue weighted by atomic mass is 35.5. The minimum atomic E-state index is -0.382. The summed E-state index contributed by atoms with van der Waals surface area (Å²) in [5, 5.41) is 0.842. The molecule has 1 amide bonds. The summed E-state index contributed by atoms with van der Waals surface area (Å²) in [4.78, 5) is 28.0. The molecule has 1 heterocycles. The molecular formula is C23H20Cl2FNO2. The Labute approximate surface area is 179 Å². The molecule has 4 rings (SSSR count). The Kier molecular flexibility index (Phi) is 5.04. The number of anilines is 1. The van der Waals surface area contributed by atoms with Crippen LogP contribution in [-0.4, -0.2) is 11.7 Å². The molecule has 1 aliphatic heterocycles. The van der Waals surface area contributed by atoms with E-state index in [1.54, 1.807) is 35.2 Å². The maximum atomic E-state index is 13.4. The Morgan fingerprint density at radius 1 is 1.00 bits per heavy atom. The molecule has 2 aliphatic rings. The summed E-state index contributed by atoms with van der Waals surface area (Å²) < 4.78 is 13.4.